The van der Waals surface area contributed by atoms with Gasteiger partial charge in [-0.15, -0.1) is 0 Å². The zero-order valence-electron chi connectivity index (χ0n) is 5.90. The van der Waals surface area contributed by atoms with E-state index in [2.05, 4.69) is 0 Å². The van der Waals surface area contributed by atoms with E-state index in [1.165, 1.54) is 0 Å². The average molecular weight is 168 g/mol. The van der Waals surface area contributed by atoms with Crippen LogP contribution >= 0.6 is 0 Å². The Morgan fingerprint density at radius 2 is 2.00 bits per heavy atom. The van der Waals surface area contributed by atoms with E-state index in [1.807, 2.05) is 6.07 Å². The van der Waals surface area contributed by atoms with Crippen LogP contribution in [0.4, 0.5) is 0 Å². The van der Waals surface area contributed by atoms with E-state index in [1.54, 1.807) is 24.3 Å². The molecule has 0 fully saturated rings. The molecule has 1 aromatic rings. The van der Waals surface area contributed by atoms with E-state index in [-0.39, 0.29) is 5.75 Å². The molecule has 1 aromatic carbocycles. The van der Waals surface area contributed by atoms with Gasteiger partial charge in [0.1, 0.15) is 0 Å². The number of rotatable bonds is 3. The fraction of sp³-hybridized carbons (Fsp3) is 0.125. The molecule has 2 nitrogen and oxygen atoms in total. The smallest absolute Gasteiger partial charge is 0.169 e. The van der Waals surface area contributed by atoms with Crippen LogP contribution in [0.5, 0.6) is 0 Å². The predicted octanol–water partition coefficient (Wildman–Crippen LogP) is 0.993. The van der Waals surface area contributed by atoms with Gasteiger partial charge in [-0.05, 0) is 23.3 Å². The topological polar surface area (TPSA) is 40.1 Å². The molecule has 0 radical (unpaired) electrons. The summed E-state index contributed by atoms with van der Waals surface area (Å²) in [5.74, 6) is 0.0873. The Morgan fingerprint density at radius 3 is 2.55 bits per heavy atom. The molecule has 0 aliphatic rings. The van der Waals surface area contributed by atoms with Gasteiger partial charge in [0, 0.05) is 0 Å². The van der Waals surface area contributed by atoms with Crippen molar-refractivity contribution in [3.8, 4) is 0 Å². The molecule has 0 aliphatic carbocycles. The van der Waals surface area contributed by atoms with Gasteiger partial charge in [-0.1, -0.05) is 18.2 Å². The quantitative estimate of drug-likeness (QED) is 0.499. The van der Waals surface area contributed by atoms with Crippen LogP contribution in [0.2, 0.25) is 0 Å². The lowest BCUT2D eigenvalue weighted by molar-refractivity contribution is -0.105. The third-order valence-electron chi connectivity index (χ3n) is 1.23. The summed E-state index contributed by atoms with van der Waals surface area (Å²) >= 11 is -1.15. The summed E-state index contributed by atoms with van der Waals surface area (Å²) in [7, 11) is 0. The first kappa shape index (κ1) is 8.30. The molecule has 11 heavy (non-hydrogen) atoms. The predicted molar refractivity (Wildman–Crippen MR) is 43.8 cm³/mol. The number of carbonyl (C=O) groups excluding carboxylic acids is 1. The number of hydrogen-bond donors (Lipinski definition) is 0. The molecule has 0 heterocycles. The van der Waals surface area contributed by atoms with Crippen molar-refractivity contribution in [2.75, 3.05) is 5.75 Å². The van der Waals surface area contributed by atoms with Gasteiger partial charge in [0.15, 0.2) is 16.9 Å². The molecule has 1 rings (SSSR count). The molecular weight excluding hydrogens is 160 g/mol. The number of carbonyl (C=O) groups is 1. The molecule has 1 unspecified atom stereocenters. The second-order valence-corrected chi connectivity index (χ2v) is 3.49. The zero-order valence-corrected chi connectivity index (χ0v) is 6.71. The molecule has 0 N–H and O–H groups in total. The van der Waals surface area contributed by atoms with Gasteiger partial charge in [0.25, 0.3) is 0 Å². The number of aldehydes is 1. The maximum Gasteiger partial charge on any atom is 0.169 e. The van der Waals surface area contributed by atoms with Crippen LogP contribution in [-0.2, 0) is 16.0 Å². The van der Waals surface area contributed by atoms with Crippen LogP contribution in [0.1, 0.15) is 0 Å². The molecule has 58 valence electrons. The van der Waals surface area contributed by atoms with Crippen molar-refractivity contribution in [1.29, 1.82) is 0 Å². The Labute approximate surface area is 68.4 Å². The first-order valence-electron chi connectivity index (χ1n) is 3.21. The summed E-state index contributed by atoms with van der Waals surface area (Å²) in [5.41, 5.74) is 0. The Kier molecular flexibility index (Phi) is 3.14. The first-order valence-corrected chi connectivity index (χ1v) is 4.53. The van der Waals surface area contributed by atoms with Gasteiger partial charge in [-0.25, -0.2) is 0 Å². The van der Waals surface area contributed by atoms with Gasteiger partial charge in [-0.3, -0.25) is 4.79 Å². The van der Waals surface area contributed by atoms with E-state index in [0.29, 0.717) is 11.2 Å². The van der Waals surface area contributed by atoms with Gasteiger partial charge < -0.3 is 4.55 Å². The maximum atomic E-state index is 11.1. The standard InChI is InChI=1S/C8H8O2S/c9-6-7-11(10)8-4-2-1-3-5-8/h1-6H,7H2. The second kappa shape index (κ2) is 4.16. The van der Waals surface area contributed by atoms with E-state index in [9.17, 15) is 9.35 Å². The van der Waals surface area contributed by atoms with Crippen molar-refractivity contribution in [2.45, 2.75) is 4.90 Å². The zero-order chi connectivity index (χ0) is 8.10. The monoisotopic (exact) mass is 168 g/mol. The molecule has 0 spiro atoms. The summed E-state index contributed by atoms with van der Waals surface area (Å²) in [6, 6.07) is 8.96. The van der Waals surface area contributed by atoms with E-state index in [0.717, 1.165) is 0 Å². The normalized spacial score (nSPS) is 12.5. The minimum Gasteiger partial charge on any atom is -0.611 e. The molecular formula is C8H8O2S. The van der Waals surface area contributed by atoms with Crippen LogP contribution in [0.3, 0.4) is 0 Å². The highest BCUT2D eigenvalue weighted by molar-refractivity contribution is 7.92. The fourth-order valence-corrected chi connectivity index (χ4v) is 1.51. The van der Waals surface area contributed by atoms with Crippen LogP contribution in [-0.4, -0.2) is 16.6 Å². The van der Waals surface area contributed by atoms with E-state index in [4.69, 9.17) is 0 Å². The second-order valence-electron chi connectivity index (χ2n) is 1.99. The highest BCUT2D eigenvalue weighted by Crippen LogP contribution is 2.08. The van der Waals surface area contributed by atoms with Gasteiger partial charge in [-0.2, -0.15) is 0 Å². The SMILES string of the molecule is O=CC[S+]([O-])c1ccccc1. The molecule has 0 aliphatic heterocycles. The summed E-state index contributed by atoms with van der Waals surface area (Å²) in [4.78, 5) is 10.7. The van der Waals surface area contributed by atoms with Crippen molar-refractivity contribution in [1.82, 2.24) is 0 Å². The number of benzene rings is 1. The highest BCUT2D eigenvalue weighted by Gasteiger charge is 2.06. The molecule has 0 bridgehead atoms. The lowest BCUT2D eigenvalue weighted by Gasteiger charge is -2.05. The van der Waals surface area contributed by atoms with Crippen LogP contribution < -0.4 is 0 Å². The summed E-state index contributed by atoms with van der Waals surface area (Å²) in [6.45, 7) is 0. The van der Waals surface area contributed by atoms with Crippen molar-refractivity contribution in [3.63, 3.8) is 0 Å². The third-order valence-corrected chi connectivity index (χ3v) is 2.46. The minimum atomic E-state index is -1.15. The van der Waals surface area contributed by atoms with E-state index < -0.39 is 11.2 Å². The molecule has 3 heteroatoms. The van der Waals surface area contributed by atoms with Crippen molar-refractivity contribution >= 4 is 17.5 Å². The first-order chi connectivity index (χ1) is 5.34. The van der Waals surface area contributed by atoms with Crippen molar-refractivity contribution in [3.05, 3.63) is 30.3 Å². The van der Waals surface area contributed by atoms with Crippen molar-refractivity contribution < 1.29 is 9.35 Å². The van der Waals surface area contributed by atoms with Crippen molar-refractivity contribution in [2.24, 2.45) is 0 Å². The van der Waals surface area contributed by atoms with Gasteiger partial charge >= 0.3 is 0 Å². The van der Waals surface area contributed by atoms with Crippen LogP contribution in [0.25, 0.3) is 0 Å². The summed E-state index contributed by atoms with van der Waals surface area (Å²) in [6.07, 6.45) is 0.670. The minimum absolute atomic E-state index is 0.0873. The average Bonchev–Trinajstić information content (AvgIpc) is 2.07. The maximum absolute atomic E-state index is 11.1. The Morgan fingerprint density at radius 1 is 1.36 bits per heavy atom. The lowest BCUT2D eigenvalue weighted by Crippen LogP contribution is -2.06. The molecule has 1 atom stereocenters. The fourth-order valence-electron chi connectivity index (χ4n) is 0.730. The largest absolute Gasteiger partial charge is 0.611 e. The highest BCUT2D eigenvalue weighted by atomic mass is 32.2. The summed E-state index contributed by atoms with van der Waals surface area (Å²) in [5, 5.41) is 0. The Hall–Kier alpha value is -0.800. The van der Waals surface area contributed by atoms with Gasteiger partial charge in [0.05, 0.1) is 0 Å². The van der Waals surface area contributed by atoms with E-state index >= 15 is 0 Å². The molecule has 0 saturated heterocycles. The van der Waals surface area contributed by atoms with Gasteiger partial charge in [0.2, 0.25) is 0 Å². The molecule has 0 saturated carbocycles. The molecule has 0 aromatic heterocycles. The third kappa shape index (κ3) is 2.37. The van der Waals surface area contributed by atoms with Crippen LogP contribution in [0.15, 0.2) is 35.2 Å². The van der Waals surface area contributed by atoms with Crippen LogP contribution in [0, 0.1) is 0 Å². The lowest BCUT2D eigenvalue weighted by atomic mass is 10.4. The Balaban J connectivity index is 2.68. The Bertz CT molecular complexity index is 223. The molecule has 0 amide bonds. The number of hydrogen-bond acceptors (Lipinski definition) is 2. The summed E-state index contributed by atoms with van der Waals surface area (Å²) < 4.78 is 11.1.